The summed E-state index contributed by atoms with van der Waals surface area (Å²) in [5, 5.41) is 25.3. The van der Waals surface area contributed by atoms with E-state index in [1.807, 2.05) is 0 Å². The third-order valence-corrected chi connectivity index (χ3v) is 4.70. The number of phenolic OH excluding ortho intramolecular Hbond substituents is 1. The van der Waals surface area contributed by atoms with Crippen LogP contribution in [0.15, 0.2) is 18.2 Å². The van der Waals surface area contributed by atoms with E-state index in [1.165, 1.54) is 7.11 Å². The summed E-state index contributed by atoms with van der Waals surface area (Å²) in [6, 6.07) is 3.71. The zero-order valence-corrected chi connectivity index (χ0v) is 15.7. The molecule has 3 N–H and O–H groups in total. The molecule has 28 heavy (non-hydrogen) atoms. The van der Waals surface area contributed by atoms with Crippen LogP contribution in [0.25, 0.3) is 11.3 Å². The maximum Gasteiger partial charge on any atom is 0.416 e. The number of benzene rings is 1. The second-order valence-corrected chi connectivity index (χ2v) is 6.91. The molecule has 1 saturated heterocycles. The molecule has 0 radical (unpaired) electrons. The van der Waals surface area contributed by atoms with Gasteiger partial charge in [0, 0.05) is 25.3 Å². The minimum absolute atomic E-state index is 0.0956. The van der Waals surface area contributed by atoms with Gasteiger partial charge < -0.3 is 20.5 Å². The lowest BCUT2D eigenvalue weighted by molar-refractivity contribution is -0.137. The number of alkyl halides is 3. The van der Waals surface area contributed by atoms with E-state index in [9.17, 15) is 18.3 Å². The number of methoxy groups -OCH3 is 1. The van der Waals surface area contributed by atoms with Gasteiger partial charge >= 0.3 is 6.18 Å². The molecule has 1 aromatic carbocycles. The van der Waals surface area contributed by atoms with Gasteiger partial charge in [-0.25, -0.2) is 0 Å². The van der Waals surface area contributed by atoms with Crippen molar-refractivity contribution >= 4 is 5.82 Å². The summed E-state index contributed by atoms with van der Waals surface area (Å²) < 4.78 is 44.3. The highest BCUT2D eigenvalue weighted by atomic mass is 19.4. The first kappa shape index (κ1) is 20.3. The molecule has 2 aromatic rings. The summed E-state index contributed by atoms with van der Waals surface area (Å²) >= 11 is 0. The number of aromatic hydroxyl groups is 1. The molecule has 1 aliphatic rings. The maximum atomic E-state index is 13.1. The highest BCUT2D eigenvalue weighted by Gasteiger charge is 2.33. The first-order chi connectivity index (χ1) is 13.3. The fourth-order valence-corrected chi connectivity index (χ4v) is 3.38. The second-order valence-electron chi connectivity index (χ2n) is 6.91. The SMILES string of the molecule is COCc1cc(C(F)(F)F)cc(O)c1-c1nnc(N[C@@H]2CCCNC2)cc1C. The summed E-state index contributed by atoms with van der Waals surface area (Å²) in [7, 11) is 1.38. The number of aromatic nitrogens is 2. The lowest BCUT2D eigenvalue weighted by atomic mass is 9.97. The van der Waals surface area contributed by atoms with Gasteiger partial charge in [0.15, 0.2) is 0 Å². The maximum absolute atomic E-state index is 13.1. The quantitative estimate of drug-likeness (QED) is 0.718. The second kappa shape index (κ2) is 8.32. The van der Waals surface area contributed by atoms with Crippen LogP contribution in [0, 0.1) is 6.92 Å². The third kappa shape index (κ3) is 4.53. The van der Waals surface area contributed by atoms with Crippen molar-refractivity contribution in [1.29, 1.82) is 0 Å². The average Bonchev–Trinajstić information content (AvgIpc) is 2.63. The molecular formula is C19H23F3N4O2. The van der Waals surface area contributed by atoms with Gasteiger partial charge in [0.25, 0.3) is 0 Å². The summed E-state index contributed by atoms with van der Waals surface area (Å²) in [6.07, 6.45) is -2.48. The molecule has 1 fully saturated rings. The number of rotatable bonds is 5. The fraction of sp³-hybridized carbons (Fsp3) is 0.474. The number of piperidine rings is 1. The number of nitrogens with one attached hydrogen (secondary N) is 2. The monoisotopic (exact) mass is 396 g/mol. The Balaban J connectivity index is 1.95. The number of anilines is 1. The van der Waals surface area contributed by atoms with Gasteiger partial charge in [0.05, 0.1) is 12.2 Å². The van der Waals surface area contributed by atoms with Crippen molar-refractivity contribution in [2.24, 2.45) is 0 Å². The molecule has 1 atom stereocenters. The molecule has 0 aliphatic carbocycles. The number of phenols is 1. The topological polar surface area (TPSA) is 79.3 Å². The van der Waals surface area contributed by atoms with Crippen LogP contribution in [0.2, 0.25) is 0 Å². The minimum atomic E-state index is -4.57. The molecule has 0 amide bonds. The van der Waals surface area contributed by atoms with Gasteiger partial charge in [-0.1, -0.05) is 0 Å². The first-order valence-corrected chi connectivity index (χ1v) is 9.03. The van der Waals surface area contributed by atoms with Crippen molar-refractivity contribution in [2.75, 3.05) is 25.5 Å². The van der Waals surface area contributed by atoms with E-state index in [1.54, 1.807) is 13.0 Å². The van der Waals surface area contributed by atoms with Crippen molar-refractivity contribution in [1.82, 2.24) is 15.5 Å². The Morgan fingerprint density at radius 1 is 1.29 bits per heavy atom. The van der Waals surface area contributed by atoms with Gasteiger partial charge in [-0.2, -0.15) is 13.2 Å². The predicted octanol–water partition coefficient (Wildman–Crippen LogP) is 3.49. The molecule has 1 aromatic heterocycles. The Kier molecular flexibility index (Phi) is 6.04. The molecule has 0 unspecified atom stereocenters. The Bertz CT molecular complexity index is 837. The van der Waals surface area contributed by atoms with Crippen LogP contribution >= 0.6 is 0 Å². The average molecular weight is 396 g/mol. The van der Waals surface area contributed by atoms with E-state index < -0.39 is 17.5 Å². The molecule has 6 nitrogen and oxygen atoms in total. The summed E-state index contributed by atoms with van der Waals surface area (Å²) in [5.74, 6) is 0.0890. The predicted molar refractivity (Wildman–Crippen MR) is 99.1 cm³/mol. The standard InChI is InChI=1S/C19H23F3N4O2/c1-11-6-16(24-14-4-3-5-23-9-14)25-26-18(11)17-12(10-28-2)7-13(8-15(17)27)19(20,21)22/h6-8,14,23,27H,3-5,9-10H2,1-2H3,(H,24,25)/t14-/m1/s1. The van der Waals surface area contributed by atoms with Gasteiger partial charge in [-0.15, -0.1) is 10.2 Å². The highest BCUT2D eigenvalue weighted by Crippen LogP contribution is 2.40. The van der Waals surface area contributed by atoms with E-state index in [-0.39, 0.29) is 23.8 Å². The zero-order valence-electron chi connectivity index (χ0n) is 15.7. The highest BCUT2D eigenvalue weighted by molar-refractivity contribution is 5.74. The van der Waals surface area contributed by atoms with Crippen molar-refractivity contribution in [3.05, 3.63) is 34.9 Å². The molecule has 0 spiro atoms. The van der Waals surface area contributed by atoms with Gasteiger partial charge in [-0.05, 0) is 55.6 Å². The number of hydrogen-bond acceptors (Lipinski definition) is 6. The van der Waals surface area contributed by atoms with Crippen LogP contribution < -0.4 is 10.6 Å². The molecule has 9 heteroatoms. The number of halogens is 3. The lowest BCUT2D eigenvalue weighted by Crippen LogP contribution is -2.38. The third-order valence-electron chi connectivity index (χ3n) is 4.70. The van der Waals surface area contributed by atoms with Crippen LogP contribution in [-0.2, 0) is 17.5 Å². The smallest absolute Gasteiger partial charge is 0.416 e. The largest absolute Gasteiger partial charge is 0.507 e. The van der Waals surface area contributed by atoms with Crippen LogP contribution in [0.5, 0.6) is 5.75 Å². The van der Waals surface area contributed by atoms with Gasteiger partial charge in [-0.3, -0.25) is 0 Å². The number of aryl methyl sites for hydroxylation is 1. The van der Waals surface area contributed by atoms with Gasteiger partial charge in [0.1, 0.15) is 17.3 Å². The van der Waals surface area contributed by atoms with E-state index in [4.69, 9.17) is 4.74 Å². The minimum Gasteiger partial charge on any atom is -0.507 e. The van der Waals surface area contributed by atoms with Gasteiger partial charge in [0.2, 0.25) is 0 Å². The number of nitrogens with zero attached hydrogens (tertiary/aromatic N) is 2. The number of hydrogen-bond donors (Lipinski definition) is 3. The van der Waals surface area contributed by atoms with Crippen molar-refractivity contribution in [3.63, 3.8) is 0 Å². The Labute approximate surface area is 161 Å². The van der Waals surface area contributed by atoms with Crippen LogP contribution in [-0.4, -0.2) is 41.5 Å². The summed E-state index contributed by atoms with van der Waals surface area (Å²) in [6.45, 7) is 3.52. The van der Waals surface area contributed by atoms with Crippen LogP contribution in [0.3, 0.4) is 0 Å². The van der Waals surface area contributed by atoms with Crippen LogP contribution in [0.4, 0.5) is 19.0 Å². The van der Waals surface area contributed by atoms with E-state index >= 15 is 0 Å². The normalized spacial score (nSPS) is 17.5. The molecule has 3 rings (SSSR count). The summed E-state index contributed by atoms with van der Waals surface area (Å²) in [4.78, 5) is 0. The molecule has 2 heterocycles. The molecule has 0 bridgehead atoms. The Morgan fingerprint density at radius 3 is 2.68 bits per heavy atom. The fourth-order valence-electron chi connectivity index (χ4n) is 3.38. The van der Waals surface area contributed by atoms with Crippen molar-refractivity contribution in [3.8, 4) is 17.0 Å². The summed E-state index contributed by atoms with van der Waals surface area (Å²) in [5.41, 5.74) is 0.476. The van der Waals surface area contributed by atoms with Crippen molar-refractivity contribution < 1.29 is 23.0 Å². The van der Waals surface area contributed by atoms with E-state index in [2.05, 4.69) is 20.8 Å². The number of ether oxygens (including phenoxy) is 1. The molecule has 1 aliphatic heterocycles. The lowest BCUT2D eigenvalue weighted by Gasteiger charge is -2.24. The van der Waals surface area contributed by atoms with E-state index in [0.717, 1.165) is 32.0 Å². The Morgan fingerprint density at radius 2 is 2.07 bits per heavy atom. The zero-order chi connectivity index (χ0) is 20.3. The van der Waals surface area contributed by atoms with Crippen LogP contribution in [0.1, 0.15) is 29.5 Å². The van der Waals surface area contributed by atoms with E-state index in [0.29, 0.717) is 23.1 Å². The Hall–Kier alpha value is -2.39. The molecule has 152 valence electrons. The molecular weight excluding hydrogens is 373 g/mol. The first-order valence-electron chi connectivity index (χ1n) is 9.03. The van der Waals surface area contributed by atoms with Crippen molar-refractivity contribution in [2.45, 2.75) is 38.6 Å². The molecule has 0 saturated carbocycles.